The van der Waals surface area contributed by atoms with Crippen LogP contribution in [0.1, 0.15) is 6.92 Å². The minimum absolute atomic E-state index is 0.243. The maximum absolute atomic E-state index is 5.64. The number of nitrogens with two attached hydrogens (primary N) is 3. The van der Waals surface area contributed by atoms with Gasteiger partial charge in [0, 0.05) is 17.9 Å². The highest BCUT2D eigenvalue weighted by Crippen LogP contribution is 2.27. The van der Waals surface area contributed by atoms with Crippen LogP contribution in [-0.2, 0) is 0 Å². The molecular formula is C18H20N8S4. The molecule has 0 saturated carbocycles. The van der Waals surface area contributed by atoms with E-state index in [1.54, 1.807) is 0 Å². The summed E-state index contributed by atoms with van der Waals surface area (Å²) in [7, 11) is 0. The van der Waals surface area contributed by atoms with Crippen LogP contribution < -0.4 is 33.2 Å². The Balaban J connectivity index is 0.000000172. The molecule has 0 aliphatic carbocycles. The van der Waals surface area contributed by atoms with E-state index in [2.05, 4.69) is 25.9 Å². The maximum Gasteiger partial charge on any atom is 0.181 e. The molecule has 2 aromatic carbocycles. The molecule has 0 aliphatic heterocycles. The first-order valence-corrected chi connectivity index (χ1v) is 11.2. The third-order valence-electron chi connectivity index (χ3n) is 3.67. The van der Waals surface area contributed by atoms with Crippen LogP contribution in [0.25, 0.3) is 20.4 Å². The Morgan fingerprint density at radius 1 is 0.900 bits per heavy atom. The predicted octanol–water partition coefficient (Wildman–Crippen LogP) is 3.72. The lowest BCUT2D eigenvalue weighted by Crippen LogP contribution is -2.27. The predicted molar refractivity (Wildman–Crippen MR) is 138 cm³/mol. The van der Waals surface area contributed by atoms with Crippen LogP contribution in [0.4, 0.5) is 21.6 Å². The SMILES string of the molecule is CCNC(=S)Nc1ccc2sc(N)nc2c1.NC(=S)Nc1ccc2sc(N)nc2c1. The van der Waals surface area contributed by atoms with Crippen molar-refractivity contribution in [1.29, 1.82) is 0 Å². The van der Waals surface area contributed by atoms with Crippen LogP contribution in [0.15, 0.2) is 36.4 Å². The molecule has 2 heterocycles. The van der Waals surface area contributed by atoms with Crippen LogP contribution >= 0.6 is 47.1 Å². The van der Waals surface area contributed by atoms with Crippen LogP contribution in [0.2, 0.25) is 0 Å². The van der Waals surface area contributed by atoms with Gasteiger partial charge in [0.25, 0.3) is 0 Å². The summed E-state index contributed by atoms with van der Waals surface area (Å²) in [6.07, 6.45) is 0. The lowest BCUT2D eigenvalue weighted by molar-refractivity contribution is 0.979. The van der Waals surface area contributed by atoms with Crippen molar-refractivity contribution < 1.29 is 0 Å². The lowest BCUT2D eigenvalue weighted by Gasteiger charge is -2.08. The largest absolute Gasteiger partial charge is 0.376 e. The minimum Gasteiger partial charge on any atom is -0.376 e. The molecule has 0 amide bonds. The van der Waals surface area contributed by atoms with Gasteiger partial charge in [-0.3, -0.25) is 0 Å². The van der Waals surface area contributed by atoms with Gasteiger partial charge in [0.2, 0.25) is 0 Å². The van der Waals surface area contributed by atoms with Crippen LogP contribution in [0, 0.1) is 0 Å². The number of benzene rings is 2. The zero-order chi connectivity index (χ0) is 21.7. The third-order valence-corrected chi connectivity index (χ3v) is 5.75. The highest BCUT2D eigenvalue weighted by atomic mass is 32.1. The smallest absolute Gasteiger partial charge is 0.181 e. The zero-order valence-corrected chi connectivity index (χ0v) is 19.2. The van der Waals surface area contributed by atoms with Gasteiger partial charge in [-0.1, -0.05) is 22.7 Å². The van der Waals surface area contributed by atoms with Crippen molar-refractivity contribution in [1.82, 2.24) is 15.3 Å². The Morgan fingerprint density at radius 3 is 1.87 bits per heavy atom. The number of thiocarbonyl (C=S) groups is 2. The number of anilines is 4. The van der Waals surface area contributed by atoms with Gasteiger partial charge >= 0.3 is 0 Å². The average molecular weight is 477 g/mol. The molecule has 8 nitrogen and oxygen atoms in total. The number of nitrogens with one attached hydrogen (secondary N) is 3. The summed E-state index contributed by atoms with van der Waals surface area (Å²) in [4.78, 5) is 8.37. The standard InChI is InChI=1S/C10H12N4S2.C8H8N4S2/c1-2-12-10(15)13-6-3-4-8-7(5-6)14-9(11)16-8;9-7(13)11-4-1-2-6-5(3-4)12-8(10)14-6/h3-5H,2H2,1H3,(H2,11,14)(H2,12,13,15);1-3H,(H2,10,12)(H3,9,11,13). The summed E-state index contributed by atoms with van der Waals surface area (Å²) in [5, 5.41) is 11.0. The summed E-state index contributed by atoms with van der Waals surface area (Å²) in [6.45, 7) is 2.80. The first-order valence-electron chi connectivity index (χ1n) is 8.77. The van der Waals surface area contributed by atoms with E-state index in [0.29, 0.717) is 15.4 Å². The minimum atomic E-state index is 0.243. The third kappa shape index (κ3) is 5.86. The van der Waals surface area contributed by atoms with Crippen LogP contribution in [-0.4, -0.2) is 26.7 Å². The van der Waals surface area contributed by atoms with Gasteiger partial charge in [0.05, 0.1) is 20.4 Å². The fourth-order valence-corrected chi connectivity index (χ4v) is 4.33. The molecule has 0 unspecified atom stereocenters. The highest BCUT2D eigenvalue weighted by Gasteiger charge is 2.03. The Bertz CT molecular complexity index is 1200. The van der Waals surface area contributed by atoms with Crippen molar-refractivity contribution in [2.75, 3.05) is 28.6 Å². The molecule has 4 aromatic rings. The number of nitrogen functional groups attached to an aromatic ring is 2. The number of fused-ring (bicyclic) bond motifs is 2. The van der Waals surface area contributed by atoms with Crippen molar-refractivity contribution in [3.63, 3.8) is 0 Å². The first kappa shape index (κ1) is 21.9. The Labute approximate surface area is 191 Å². The molecule has 0 spiro atoms. The van der Waals surface area contributed by atoms with Crippen molar-refractivity contribution in [3.05, 3.63) is 36.4 Å². The first-order chi connectivity index (χ1) is 14.3. The van der Waals surface area contributed by atoms with E-state index >= 15 is 0 Å². The second kappa shape index (κ2) is 9.80. The number of hydrogen-bond donors (Lipinski definition) is 6. The zero-order valence-electron chi connectivity index (χ0n) is 15.9. The van der Waals surface area contributed by atoms with Gasteiger partial charge in [0.15, 0.2) is 20.5 Å². The molecule has 0 fully saturated rings. The fourth-order valence-electron chi connectivity index (χ4n) is 2.52. The van der Waals surface area contributed by atoms with Gasteiger partial charge in [0.1, 0.15) is 0 Å². The molecular weight excluding hydrogens is 457 g/mol. The van der Waals surface area contributed by atoms with Gasteiger partial charge in [-0.25, -0.2) is 9.97 Å². The molecule has 2 aromatic heterocycles. The molecule has 30 heavy (non-hydrogen) atoms. The van der Waals surface area contributed by atoms with Crippen molar-refractivity contribution >= 4 is 99.4 Å². The molecule has 0 bridgehead atoms. The molecule has 12 heteroatoms. The topological polar surface area (TPSA) is 140 Å². The van der Waals surface area contributed by atoms with E-state index < -0.39 is 0 Å². The second-order valence-corrected chi connectivity index (χ2v) is 8.92. The van der Waals surface area contributed by atoms with Crippen molar-refractivity contribution in [2.45, 2.75) is 6.92 Å². The Kier molecular flexibility index (Phi) is 7.15. The molecule has 156 valence electrons. The summed E-state index contributed by atoms with van der Waals surface area (Å²) in [5.41, 5.74) is 20.1. The number of hydrogen-bond acceptors (Lipinski definition) is 8. The molecule has 0 atom stereocenters. The Hall–Kier alpha value is -2.80. The summed E-state index contributed by atoms with van der Waals surface area (Å²) in [5.74, 6) is 0. The van der Waals surface area contributed by atoms with E-state index in [1.165, 1.54) is 22.7 Å². The monoisotopic (exact) mass is 476 g/mol. The molecule has 0 saturated heterocycles. The lowest BCUT2D eigenvalue weighted by atomic mass is 10.3. The van der Waals surface area contributed by atoms with Crippen LogP contribution in [0.5, 0.6) is 0 Å². The maximum atomic E-state index is 5.64. The molecule has 9 N–H and O–H groups in total. The molecule has 0 radical (unpaired) electrons. The van der Waals surface area contributed by atoms with Gasteiger partial charge in [-0.2, -0.15) is 0 Å². The molecule has 4 rings (SSSR count). The Morgan fingerprint density at radius 2 is 1.40 bits per heavy atom. The van der Waals surface area contributed by atoms with Crippen molar-refractivity contribution in [3.8, 4) is 0 Å². The summed E-state index contributed by atoms with van der Waals surface area (Å²) < 4.78 is 2.13. The van der Waals surface area contributed by atoms with Gasteiger partial charge in [-0.15, -0.1) is 0 Å². The second-order valence-electron chi connectivity index (χ2n) is 5.94. The van der Waals surface area contributed by atoms with E-state index in [-0.39, 0.29) is 5.11 Å². The number of rotatable bonds is 3. The van der Waals surface area contributed by atoms with Crippen molar-refractivity contribution in [2.24, 2.45) is 5.73 Å². The quantitative estimate of drug-likeness (QED) is 0.242. The summed E-state index contributed by atoms with van der Waals surface area (Å²) >= 11 is 12.8. The van der Waals surface area contributed by atoms with Crippen LogP contribution in [0.3, 0.4) is 0 Å². The number of thiazole rings is 2. The van der Waals surface area contributed by atoms with Gasteiger partial charge in [-0.05, 0) is 67.8 Å². The summed E-state index contributed by atoms with van der Waals surface area (Å²) in [6, 6.07) is 11.6. The highest BCUT2D eigenvalue weighted by molar-refractivity contribution is 7.80. The average Bonchev–Trinajstić information content (AvgIpc) is 3.21. The van der Waals surface area contributed by atoms with E-state index in [9.17, 15) is 0 Å². The normalized spacial score (nSPS) is 10.3. The van der Waals surface area contributed by atoms with E-state index in [1.807, 2.05) is 43.3 Å². The molecule has 0 aliphatic rings. The number of aromatic nitrogens is 2. The van der Waals surface area contributed by atoms with E-state index in [0.717, 1.165) is 38.4 Å². The fraction of sp³-hybridized carbons (Fsp3) is 0.111. The van der Waals surface area contributed by atoms with E-state index in [4.69, 9.17) is 41.6 Å². The number of nitrogens with zero attached hydrogens (tertiary/aromatic N) is 2. The van der Waals surface area contributed by atoms with Gasteiger partial charge < -0.3 is 33.2 Å².